The van der Waals surface area contributed by atoms with Crippen molar-refractivity contribution in [2.75, 3.05) is 0 Å². The Labute approximate surface area is 127 Å². The highest BCUT2D eigenvalue weighted by atomic mass is 15.3. The highest BCUT2D eigenvalue weighted by Gasteiger charge is 2.17. The summed E-state index contributed by atoms with van der Waals surface area (Å²) in [5, 5.41) is 4.61. The molecule has 3 N–H and O–H groups in total. The van der Waals surface area contributed by atoms with E-state index in [4.69, 9.17) is 5.84 Å². The molecular weight excluding hydrogens is 260 g/mol. The van der Waals surface area contributed by atoms with Gasteiger partial charge in [-0.1, -0.05) is 25.1 Å². The van der Waals surface area contributed by atoms with Crippen LogP contribution >= 0.6 is 0 Å². The third-order valence-corrected chi connectivity index (χ3v) is 4.09. The Morgan fingerprint density at radius 3 is 2.52 bits per heavy atom. The fourth-order valence-electron chi connectivity index (χ4n) is 2.61. The Balaban J connectivity index is 2.26. The van der Waals surface area contributed by atoms with Crippen molar-refractivity contribution in [2.45, 2.75) is 53.1 Å². The Morgan fingerprint density at radius 1 is 1.19 bits per heavy atom. The fourth-order valence-corrected chi connectivity index (χ4v) is 2.61. The topological polar surface area (TPSA) is 55.9 Å². The third-order valence-electron chi connectivity index (χ3n) is 4.09. The van der Waals surface area contributed by atoms with Gasteiger partial charge in [0.1, 0.15) is 0 Å². The van der Waals surface area contributed by atoms with Crippen LogP contribution in [0.5, 0.6) is 0 Å². The first-order chi connectivity index (χ1) is 10.1. The van der Waals surface area contributed by atoms with Crippen molar-refractivity contribution < 1.29 is 0 Å². The van der Waals surface area contributed by atoms with Gasteiger partial charge in [0, 0.05) is 6.54 Å². The van der Waals surface area contributed by atoms with Gasteiger partial charge in [-0.25, -0.2) is 0 Å². The van der Waals surface area contributed by atoms with Gasteiger partial charge in [-0.3, -0.25) is 16.0 Å². The number of hydrogen-bond acceptors (Lipinski definition) is 3. The molecule has 0 aliphatic rings. The number of hydrazine groups is 1. The van der Waals surface area contributed by atoms with Gasteiger partial charge in [-0.05, 0) is 56.4 Å². The molecule has 0 spiro atoms. The SMILES string of the molecule is CCc1cc(C(Cc2ccc(C)c(C)c2)NN)n(CC)n1. The number of aryl methyl sites for hydroxylation is 4. The van der Waals surface area contributed by atoms with Crippen LogP contribution in [0.4, 0.5) is 0 Å². The minimum Gasteiger partial charge on any atom is -0.271 e. The van der Waals surface area contributed by atoms with E-state index in [-0.39, 0.29) is 6.04 Å². The monoisotopic (exact) mass is 286 g/mol. The highest BCUT2D eigenvalue weighted by molar-refractivity contribution is 5.31. The predicted octanol–water partition coefficient (Wildman–Crippen LogP) is 2.83. The average Bonchev–Trinajstić information content (AvgIpc) is 2.91. The second-order valence-electron chi connectivity index (χ2n) is 5.57. The highest BCUT2D eigenvalue weighted by Crippen LogP contribution is 2.21. The number of nitrogens with two attached hydrogens (primary N) is 1. The summed E-state index contributed by atoms with van der Waals surface area (Å²) in [6.07, 6.45) is 1.81. The molecule has 4 nitrogen and oxygen atoms in total. The van der Waals surface area contributed by atoms with Gasteiger partial charge in [-0.15, -0.1) is 0 Å². The third kappa shape index (κ3) is 3.52. The zero-order valence-electron chi connectivity index (χ0n) is 13.5. The molecule has 0 radical (unpaired) electrons. The van der Waals surface area contributed by atoms with Crippen molar-refractivity contribution in [2.24, 2.45) is 5.84 Å². The lowest BCUT2D eigenvalue weighted by Crippen LogP contribution is -2.31. The molecule has 21 heavy (non-hydrogen) atoms. The number of benzene rings is 1. The van der Waals surface area contributed by atoms with Crippen molar-refractivity contribution in [3.8, 4) is 0 Å². The quantitative estimate of drug-likeness (QED) is 0.634. The molecule has 114 valence electrons. The maximum atomic E-state index is 5.80. The molecule has 1 heterocycles. The first kappa shape index (κ1) is 15.7. The van der Waals surface area contributed by atoms with Crippen molar-refractivity contribution in [3.63, 3.8) is 0 Å². The summed E-state index contributed by atoms with van der Waals surface area (Å²) in [7, 11) is 0. The number of nitrogens with one attached hydrogen (secondary N) is 1. The van der Waals surface area contributed by atoms with Crippen LogP contribution in [0.15, 0.2) is 24.3 Å². The van der Waals surface area contributed by atoms with Gasteiger partial charge in [0.15, 0.2) is 0 Å². The van der Waals surface area contributed by atoms with E-state index in [0.717, 1.165) is 30.8 Å². The molecule has 1 atom stereocenters. The molecule has 1 aromatic carbocycles. The molecule has 1 unspecified atom stereocenters. The van der Waals surface area contributed by atoms with Crippen LogP contribution in [0.1, 0.15) is 48.0 Å². The zero-order valence-corrected chi connectivity index (χ0v) is 13.5. The summed E-state index contributed by atoms with van der Waals surface area (Å²) in [6, 6.07) is 8.84. The van der Waals surface area contributed by atoms with Gasteiger partial charge < -0.3 is 0 Å². The van der Waals surface area contributed by atoms with Gasteiger partial charge in [-0.2, -0.15) is 5.10 Å². The Bertz CT molecular complexity index is 601. The van der Waals surface area contributed by atoms with Crippen molar-refractivity contribution in [1.29, 1.82) is 0 Å². The molecule has 0 amide bonds. The van der Waals surface area contributed by atoms with Crippen LogP contribution in [-0.2, 0) is 19.4 Å². The van der Waals surface area contributed by atoms with Gasteiger partial charge in [0.05, 0.1) is 17.4 Å². The molecule has 0 saturated heterocycles. The van der Waals surface area contributed by atoms with Crippen LogP contribution in [0.3, 0.4) is 0 Å². The molecule has 0 saturated carbocycles. The summed E-state index contributed by atoms with van der Waals surface area (Å²) < 4.78 is 2.05. The molecule has 2 rings (SSSR count). The molecule has 2 aromatic rings. The largest absolute Gasteiger partial charge is 0.271 e. The second-order valence-corrected chi connectivity index (χ2v) is 5.57. The van der Waals surface area contributed by atoms with Crippen LogP contribution in [-0.4, -0.2) is 9.78 Å². The van der Waals surface area contributed by atoms with E-state index in [1.54, 1.807) is 0 Å². The summed E-state index contributed by atoms with van der Waals surface area (Å²) in [4.78, 5) is 0. The van der Waals surface area contributed by atoms with E-state index in [2.05, 4.69) is 62.5 Å². The van der Waals surface area contributed by atoms with Crippen molar-refractivity contribution in [1.82, 2.24) is 15.2 Å². The summed E-state index contributed by atoms with van der Waals surface area (Å²) in [5.74, 6) is 5.80. The lowest BCUT2D eigenvalue weighted by Gasteiger charge is -2.18. The summed E-state index contributed by atoms with van der Waals surface area (Å²) in [6.45, 7) is 9.38. The van der Waals surface area contributed by atoms with Crippen LogP contribution in [0.25, 0.3) is 0 Å². The van der Waals surface area contributed by atoms with E-state index in [1.165, 1.54) is 16.7 Å². The van der Waals surface area contributed by atoms with Crippen molar-refractivity contribution in [3.05, 3.63) is 52.3 Å². The van der Waals surface area contributed by atoms with Gasteiger partial charge in [0.2, 0.25) is 0 Å². The Hall–Kier alpha value is -1.65. The van der Waals surface area contributed by atoms with Crippen molar-refractivity contribution >= 4 is 0 Å². The van der Waals surface area contributed by atoms with E-state index < -0.39 is 0 Å². The number of nitrogens with zero attached hydrogens (tertiary/aromatic N) is 2. The molecule has 0 aliphatic carbocycles. The maximum absolute atomic E-state index is 5.80. The number of aromatic nitrogens is 2. The van der Waals surface area contributed by atoms with Gasteiger partial charge >= 0.3 is 0 Å². The molecule has 0 fully saturated rings. The molecule has 1 aromatic heterocycles. The second kappa shape index (κ2) is 6.87. The Kier molecular flexibility index (Phi) is 5.15. The lowest BCUT2D eigenvalue weighted by atomic mass is 9.99. The maximum Gasteiger partial charge on any atom is 0.0669 e. The lowest BCUT2D eigenvalue weighted by molar-refractivity contribution is 0.489. The van der Waals surface area contributed by atoms with E-state index in [1.807, 2.05) is 4.68 Å². The molecule has 0 bridgehead atoms. The van der Waals surface area contributed by atoms with Gasteiger partial charge in [0.25, 0.3) is 0 Å². The normalized spacial score (nSPS) is 12.6. The average molecular weight is 286 g/mol. The van der Waals surface area contributed by atoms with Crippen LogP contribution in [0, 0.1) is 13.8 Å². The molecule has 0 aliphatic heterocycles. The van der Waals surface area contributed by atoms with E-state index in [0.29, 0.717) is 0 Å². The van der Waals surface area contributed by atoms with E-state index >= 15 is 0 Å². The number of hydrogen-bond donors (Lipinski definition) is 2. The van der Waals surface area contributed by atoms with Crippen LogP contribution in [0.2, 0.25) is 0 Å². The summed E-state index contributed by atoms with van der Waals surface area (Å²) >= 11 is 0. The van der Waals surface area contributed by atoms with E-state index in [9.17, 15) is 0 Å². The zero-order chi connectivity index (χ0) is 15.4. The smallest absolute Gasteiger partial charge is 0.0669 e. The Morgan fingerprint density at radius 2 is 1.95 bits per heavy atom. The standard InChI is InChI=1S/C17H26N4/c1-5-15-11-17(21(6-2)20-15)16(19-18)10-14-8-7-12(3)13(4)9-14/h7-9,11,16,19H,5-6,10,18H2,1-4H3. The number of rotatable bonds is 6. The minimum absolute atomic E-state index is 0.0832. The minimum atomic E-state index is 0.0832. The first-order valence-electron chi connectivity index (χ1n) is 7.67. The van der Waals surface area contributed by atoms with Crippen LogP contribution < -0.4 is 11.3 Å². The molecular formula is C17H26N4. The fraction of sp³-hybridized carbons (Fsp3) is 0.471. The first-order valence-corrected chi connectivity index (χ1v) is 7.67. The predicted molar refractivity (Wildman–Crippen MR) is 87.0 cm³/mol. The molecule has 4 heteroatoms. The summed E-state index contributed by atoms with van der Waals surface area (Å²) in [5.41, 5.74) is 9.17.